The lowest BCUT2D eigenvalue weighted by Crippen LogP contribution is -2.82. The number of hydrogen-bond acceptors (Lipinski definition) is 4. The molecule has 5 nitrogen and oxygen atoms in total. The minimum atomic E-state index is -0.918. The normalized spacial score (nSPS) is 34.8. The van der Waals surface area contributed by atoms with E-state index in [0.29, 0.717) is 13.1 Å². The zero-order chi connectivity index (χ0) is 16.1. The van der Waals surface area contributed by atoms with Crippen LogP contribution >= 0.6 is 0 Å². The maximum Gasteiger partial charge on any atom is 0.243 e. The van der Waals surface area contributed by atoms with Gasteiger partial charge in [-0.25, -0.2) is 0 Å². The Morgan fingerprint density at radius 3 is 2.62 bits per heavy atom. The van der Waals surface area contributed by atoms with E-state index >= 15 is 0 Å². The van der Waals surface area contributed by atoms with E-state index in [0.717, 1.165) is 19.4 Å². The fourth-order valence-corrected chi connectivity index (χ4v) is 4.07. The third-order valence-electron chi connectivity index (χ3n) is 5.29. The van der Waals surface area contributed by atoms with Crippen LogP contribution in [-0.4, -0.2) is 52.9 Å². The van der Waals surface area contributed by atoms with Crippen LogP contribution in [0.3, 0.4) is 0 Å². The second-order valence-corrected chi connectivity index (χ2v) is 7.76. The number of amides is 1. The Morgan fingerprint density at radius 2 is 2.10 bits per heavy atom. The van der Waals surface area contributed by atoms with Gasteiger partial charge in [-0.05, 0) is 33.6 Å². The molecule has 0 bridgehead atoms. The van der Waals surface area contributed by atoms with Crippen molar-refractivity contribution in [2.45, 2.75) is 64.7 Å². The summed E-state index contributed by atoms with van der Waals surface area (Å²) in [4.78, 5) is 14.7. The molecule has 2 rings (SSSR count). The summed E-state index contributed by atoms with van der Waals surface area (Å²) in [6.07, 6.45) is 1.97. The van der Waals surface area contributed by atoms with Crippen molar-refractivity contribution in [2.24, 2.45) is 17.1 Å². The van der Waals surface area contributed by atoms with Gasteiger partial charge in [0.1, 0.15) is 5.54 Å². The smallest absolute Gasteiger partial charge is 0.243 e. The fraction of sp³-hybridized carbons (Fsp3) is 0.938. The number of fused-ring (bicyclic) bond motifs is 1. The van der Waals surface area contributed by atoms with Gasteiger partial charge >= 0.3 is 0 Å². The lowest BCUT2D eigenvalue weighted by Gasteiger charge is -2.65. The number of ether oxygens (including phenoxy) is 1. The van der Waals surface area contributed by atoms with Crippen LogP contribution in [0.1, 0.15) is 47.5 Å². The Morgan fingerprint density at radius 1 is 1.48 bits per heavy atom. The molecule has 3 atom stereocenters. The first-order valence-corrected chi connectivity index (χ1v) is 7.98. The summed E-state index contributed by atoms with van der Waals surface area (Å²) in [6.45, 7) is 11.0. The van der Waals surface area contributed by atoms with Crippen LogP contribution in [0.2, 0.25) is 0 Å². The van der Waals surface area contributed by atoms with E-state index in [1.54, 1.807) is 18.7 Å². The van der Waals surface area contributed by atoms with Gasteiger partial charge in [-0.1, -0.05) is 13.8 Å². The first kappa shape index (κ1) is 16.7. The number of carbonyl (C=O) groups excluding carboxylic acids is 1. The molecule has 3 N–H and O–H groups in total. The summed E-state index contributed by atoms with van der Waals surface area (Å²) in [5.74, 6) is 0.0356. The van der Waals surface area contributed by atoms with Crippen LogP contribution in [0.25, 0.3) is 0 Å². The van der Waals surface area contributed by atoms with Gasteiger partial charge in [-0.2, -0.15) is 0 Å². The van der Waals surface area contributed by atoms with Gasteiger partial charge in [-0.3, -0.25) is 4.79 Å². The largest absolute Gasteiger partial charge is 0.389 e. The van der Waals surface area contributed by atoms with Gasteiger partial charge in [0.2, 0.25) is 5.91 Å². The lowest BCUT2D eigenvalue weighted by atomic mass is 9.46. The first-order valence-electron chi connectivity index (χ1n) is 7.98. The number of likely N-dealkylation sites (N-methyl/N-ethyl adjacent to an activating group) is 1. The molecule has 122 valence electrons. The monoisotopic (exact) mass is 298 g/mol. The minimum absolute atomic E-state index is 0.0520. The van der Waals surface area contributed by atoms with Crippen molar-refractivity contribution in [3.05, 3.63) is 0 Å². The third kappa shape index (κ3) is 2.49. The second-order valence-electron chi connectivity index (χ2n) is 7.76. The molecular formula is C16H30N2O3. The Labute approximate surface area is 127 Å². The summed E-state index contributed by atoms with van der Waals surface area (Å²) < 4.78 is 5.85. The van der Waals surface area contributed by atoms with E-state index in [2.05, 4.69) is 0 Å². The van der Waals surface area contributed by atoms with E-state index < -0.39 is 11.1 Å². The summed E-state index contributed by atoms with van der Waals surface area (Å²) in [5.41, 5.74) is 4.44. The highest BCUT2D eigenvalue weighted by Gasteiger charge is 2.70. The van der Waals surface area contributed by atoms with Crippen molar-refractivity contribution >= 4 is 5.91 Å². The van der Waals surface area contributed by atoms with Crippen molar-refractivity contribution in [3.8, 4) is 0 Å². The maximum absolute atomic E-state index is 13.1. The van der Waals surface area contributed by atoms with Gasteiger partial charge in [0.25, 0.3) is 0 Å². The van der Waals surface area contributed by atoms with Crippen molar-refractivity contribution in [2.75, 3.05) is 19.7 Å². The summed E-state index contributed by atoms with van der Waals surface area (Å²) in [7, 11) is 0. The molecular weight excluding hydrogens is 268 g/mol. The molecule has 1 amide bonds. The molecule has 1 aliphatic carbocycles. The van der Waals surface area contributed by atoms with E-state index in [4.69, 9.17) is 10.5 Å². The summed E-state index contributed by atoms with van der Waals surface area (Å²) >= 11 is 0. The number of carbonyl (C=O) groups is 1. The Balaban J connectivity index is 2.23. The summed E-state index contributed by atoms with van der Waals surface area (Å²) in [6, 6.07) is 0. The van der Waals surface area contributed by atoms with Crippen LogP contribution in [0.5, 0.6) is 0 Å². The number of nitrogens with two attached hydrogens (primary N) is 1. The first-order chi connectivity index (χ1) is 9.55. The highest BCUT2D eigenvalue weighted by molar-refractivity contribution is 5.89. The second kappa shape index (κ2) is 5.21. The van der Waals surface area contributed by atoms with Crippen LogP contribution < -0.4 is 5.73 Å². The Kier molecular flexibility index (Phi) is 4.15. The molecule has 1 saturated heterocycles. The molecule has 2 fully saturated rings. The molecule has 0 aromatic carbocycles. The van der Waals surface area contributed by atoms with Gasteiger partial charge < -0.3 is 20.5 Å². The summed E-state index contributed by atoms with van der Waals surface area (Å²) in [5, 5.41) is 10.0. The molecule has 0 radical (unpaired) electrons. The third-order valence-corrected chi connectivity index (χ3v) is 5.29. The quantitative estimate of drug-likeness (QED) is 0.816. The van der Waals surface area contributed by atoms with Gasteiger partial charge in [0.15, 0.2) is 0 Å². The Hall–Kier alpha value is -0.650. The predicted molar refractivity (Wildman–Crippen MR) is 81.7 cm³/mol. The fourth-order valence-electron chi connectivity index (χ4n) is 4.07. The van der Waals surface area contributed by atoms with Crippen molar-refractivity contribution in [3.63, 3.8) is 0 Å². The highest BCUT2D eigenvalue weighted by atomic mass is 16.5. The lowest BCUT2D eigenvalue weighted by molar-refractivity contribution is -0.230. The van der Waals surface area contributed by atoms with Crippen molar-refractivity contribution in [1.82, 2.24) is 4.90 Å². The van der Waals surface area contributed by atoms with Crippen LogP contribution in [0.4, 0.5) is 0 Å². The molecule has 0 aromatic rings. The van der Waals surface area contributed by atoms with E-state index in [1.165, 1.54) is 0 Å². The Bertz CT molecular complexity index is 416. The number of rotatable bonds is 4. The standard InChI is InChI=1S/C16H30N2O3/c1-6-18(10-14(2,3)20)13(19)16(17)11-8-7-9-21-12(11)15(16,4)5/h11-12,20H,6-10,17H2,1-5H3. The van der Waals surface area contributed by atoms with Crippen LogP contribution in [0, 0.1) is 11.3 Å². The average molecular weight is 298 g/mol. The average Bonchev–Trinajstić information content (AvgIpc) is 2.42. The molecule has 3 unspecified atom stereocenters. The highest BCUT2D eigenvalue weighted by Crippen LogP contribution is 2.57. The number of nitrogens with zero attached hydrogens (tertiary/aromatic N) is 1. The minimum Gasteiger partial charge on any atom is -0.389 e. The maximum atomic E-state index is 13.1. The zero-order valence-electron chi connectivity index (χ0n) is 14.0. The molecule has 0 aromatic heterocycles. The van der Waals surface area contributed by atoms with Gasteiger partial charge in [0, 0.05) is 31.0 Å². The molecule has 0 spiro atoms. The van der Waals surface area contributed by atoms with Crippen molar-refractivity contribution < 1.29 is 14.6 Å². The molecule has 2 aliphatic rings. The zero-order valence-corrected chi connectivity index (χ0v) is 14.0. The molecule has 1 saturated carbocycles. The van der Waals surface area contributed by atoms with Gasteiger partial charge in [-0.15, -0.1) is 0 Å². The van der Waals surface area contributed by atoms with Crippen molar-refractivity contribution in [1.29, 1.82) is 0 Å². The van der Waals surface area contributed by atoms with E-state index in [1.807, 2.05) is 20.8 Å². The van der Waals surface area contributed by atoms with Crippen LogP contribution in [-0.2, 0) is 9.53 Å². The SMILES string of the molecule is CCN(CC(C)(C)O)C(=O)C1(N)C2CCCOC2C1(C)C. The predicted octanol–water partition coefficient (Wildman–Crippen LogP) is 1.14. The topological polar surface area (TPSA) is 75.8 Å². The molecule has 21 heavy (non-hydrogen) atoms. The van der Waals surface area contributed by atoms with Crippen LogP contribution in [0.15, 0.2) is 0 Å². The van der Waals surface area contributed by atoms with Gasteiger partial charge in [0.05, 0.1) is 11.7 Å². The van der Waals surface area contributed by atoms with E-state index in [-0.39, 0.29) is 23.3 Å². The molecule has 1 aliphatic heterocycles. The van der Waals surface area contributed by atoms with E-state index in [9.17, 15) is 9.90 Å². The molecule has 5 heteroatoms. The molecule has 1 heterocycles. The number of hydrogen-bond donors (Lipinski definition) is 2. The number of aliphatic hydroxyl groups is 1.